The molecule has 7 heteroatoms. The first-order valence-corrected chi connectivity index (χ1v) is 13.1. The maximum Gasteiger partial charge on any atom is 0.364 e. The van der Waals surface area contributed by atoms with Crippen molar-refractivity contribution >= 4 is 5.97 Å². The summed E-state index contributed by atoms with van der Waals surface area (Å²) in [5.41, 5.74) is 3.44. The van der Waals surface area contributed by atoms with Crippen molar-refractivity contribution in [1.82, 2.24) is 14.8 Å². The van der Waals surface area contributed by atoms with Crippen LogP contribution in [0.3, 0.4) is 0 Å². The first-order chi connectivity index (χ1) is 17.7. The molecule has 0 radical (unpaired) electrons. The summed E-state index contributed by atoms with van der Waals surface area (Å²) < 4.78 is 12.5. The largest absolute Gasteiger partial charge is 0.458 e. The normalized spacial score (nSPS) is 17.9. The third-order valence-corrected chi connectivity index (χ3v) is 6.60. The van der Waals surface area contributed by atoms with E-state index < -0.39 is 5.60 Å². The van der Waals surface area contributed by atoms with Gasteiger partial charge in [0.05, 0.1) is 6.61 Å². The maximum atomic E-state index is 13.0. The highest BCUT2D eigenvalue weighted by Crippen LogP contribution is 2.31. The summed E-state index contributed by atoms with van der Waals surface area (Å²) in [4.78, 5) is 29.4. The van der Waals surface area contributed by atoms with Crippen LogP contribution in [0.15, 0.2) is 59.4 Å². The van der Waals surface area contributed by atoms with Gasteiger partial charge in [0.1, 0.15) is 23.6 Å². The second-order valence-corrected chi connectivity index (χ2v) is 11.0. The minimum Gasteiger partial charge on any atom is -0.458 e. The van der Waals surface area contributed by atoms with E-state index in [9.17, 15) is 9.59 Å². The van der Waals surface area contributed by atoms with E-state index in [2.05, 4.69) is 4.98 Å². The lowest BCUT2D eigenvalue weighted by atomic mass is 9.82. The van der Waals surface area contributed by atoms with E-state index in [4.69, 9.17) is 14.6 Å². The lowest BCUT2D eigenvalue weighted by Crippen LogP contribution is -2.32. The van der Waals surface area contributed by atoms with E-state index >= 15 is 0 Å². The van der Waals surface area contributed by atoms with Crippen LogP contribution in [0, 0.1) is 18.8 Å². The second kappa shape index (κ2) is 11.8. The van der Waals surface area contributed by atoms with Crippen LogP contribution in [0.25, 0.3) is 22.5 Å². The molecular weight excluding hydrogens is 466 g/mol. The molecule has 1 aromatic heterocycles. The Morgan fingerprint density at radius 1 is 0.946 bits per heavy atom. The fraction of sp³-hybridized carbons (Fsp3) is 0.467. The molecule has 0 aliphatic heterocycles. The number of nitrogens with zero attached hydrogens (tertiary/aromatic N) is 3. The predicted molar refractivity (Wildman–Crippen MR) is 144 cm³/mol. The van der Waals surface area contributed by atoms with Gasteiger partial charge in [-0.25, -0.2) is 14.3 Å². The number of hydrogen-bond acceptors (Lipinski definition) is 6. The standard InChI is InChI=1S/C30H37N3O4/c1-21-9-8-12-25(17-21)27-28(24-10-6-5-7-11-24)32-33(29(35)31-27)18-22-13-15-23(16-14-22)19-36-20-26(34)37-30(2,3)4/h5-12,17,22-23H,13-16,18-20H2,1-4H3. The Labute approximate surface area is 218 Å². The number of ether oxygens (including phenoxy) is 2. The third kappa shape index (κ3) is 7.59. The molecule has 7 nitrogen and oxygen atoms in total. The molecule has 0 amide bonds. The molecule has 37 heavy (non-hydrogen) atoms. The van der Waals surface area contributed by atoms with Crippen molar-refractivity contribution in [3.05, 3.63) is 70.6 Å². The van der Waals surface area contributed by atoms with E-state index in [1.807, 2.05) is 82.3 Å². The van der Waals surface area contributed by atoms with Gasteiger partial charge in [0.25, 0.3) is 0 Å². The summed E-state index contributed by atoms with van der Waals surface area (Å²) in [6.45, 7) is 8.65. The Morgan fingerprint density at radius 2 is 1.62 bits per heavy atom. The number of hydrogen-bond donors (Lipinski definition) is 0. The summed E-state index contributed by atoms with van der Waals surface area (Å²) in [7, 11) is 0. The molecule has 0 saturated heterocycles. The maximum absolute atomic E-state index is 13.0. The van der Waals surface area contributed by atoms with Gasteiger partial charge in [-0.2, -0.15) is 10.1 Å². The van der Waals surface area contributed by atoms with Gasteiger partial charge in [0, 0.05) is 17.7 Å². The molecule has 0 spiro atoms. The first kappa shape index (κ1) is 26.7. The summed E-state index contributed by atoms with van der Waals surface area (Å²) in [5, 5.41) is 4.83. The highest BCUT2D eigenvalue weighted by atomic mass is 16.6. The van der Waals surface area contributed by atoms with E-state index in [1.165, 1.54) is 4.68 Å². The number of aromatic nitrogens is 3. The van der Waals surface area contributed by atoms with Crippen LogP contribution in [0.4, 0.5) is 0 Å². The van der Waals surface area contributed by atoms with Gasteiger partial charge in [-0.05, 0) is 71.3 Å². The molecule has 0 N–H and O–H groups in total. The molecule has 1 saturated carbocycles. The van der Waals surface area contributed by atoms with E-state index in [-0.39, 0.29) is 18.3 Å². The Hall–Kier alpha value is -3.32. The highest BCUT2D eigenvalue weighted by molar-refractivity contribution is 5.77. The minimum atomic E-state index is -0.502. The average molecular weight is 504 g/mol. The number of benzene rings is 2. The Kier molecular flexibility index (Phi) is 8.54. The van der Waals surface area contributed by atoms with Crippen molar-refractivity contribution in [2.45, 2.75) is 65.5 Å². The van der Waals surface area contributed by atoms with Gasteiger partial charge in [0.15, 0.2) is 0 Å². The number of carbonyl (C=O) groups is 1. The van der Waals surface area contributed by atoms with Gasteiger partial charge in [-0.1, -0.05) is 54.1 Å². The zero-order chi connectivity index (χ0) is 26.4. The van der Waals surface area contributed by atoms with Crippen molar-refractivity contribution in [1.29, 1.82) is 0 Å². The van der Waals surface area contributed by atoms with E-state index in [0.717, 1.165) is 48.1 Å². The van der Waals surface area contributed by atoms with Crippen LogP contribution in [0.1, 0.15) is 52.0 Å². The molecule has 1 heterocycles. The molecule has 196 valence electrons. The van der Waals surface area contributed by atoms with Crippen LogP contribution in [-0.2, 0) is 20.8 Å². The van der Waals surface area contributed by atoms with Crippen LogP contribution >= 0.6 is 0 Å². The quantitative estimate of drug-likeness (QED) is 0.380. The zero-order valence-electron chi connectivity index (χ0n) is 22.3. The van der Waals surface area contributed by atoms with Gasteiger partial charge >= 0.3 is 11.7 Å². The molecule has 0 unspecified atom stereocenters. The van der Waals surface area contributed by atoms with Crippen LogP contribution in [-0.4, -0.2) is 39.5 Å². The number of carbonyl (C=O) groups excluding carboxylic acids is 1. The van der Waals surface area contributed by atoms with Crippen molar-refractivity contribution < 1.29 is 14.3 Å². The van der Waals surface area contributed by atoms with Crippen LogP contribution < -0.4 is 5.69 Å². The minimum absolute atomic E-state index is 0.0161. The Bertz CT molecular complexity index is 1260. The van der Waals surface area contributed by atoms with E-state index in [0.29, 0.717) is 30.7 Å². The van der Waals surface area contributed by atoms with Crippen molar-refractivity contribution in [2.24, 2.45) is 11.8 Å². The summed E-state index contributed by atoms with van der Waals surface area (Å²) in [6.07, 6.45) is 3.95. The zero-order valence-corrected chi connectivity index (χ0v) is 22.3. The lowest BCUT2D eigenvalue weighted by molar-refractivity contribution is -0.160. The molecule has 1 aliphatic rings. The predicted octanol–water partition coefficient (Wildman–Crippen LogP) is 5.45. The summed E-state index contributed by atoms with van der Waals surface area (Å²) in [5.74, 6) is 0.426. The Morgan fingerprint density at radius 3 is 2.30 bits per heavy atom. The molecule has 0 atom stereocenters. The number of rotatable bonds is 8. The van der Waals surface area contributed by atoms with Gasteiger partial charge < -0.3 is 9.47 Å². The van der Waals surface area contributed by atoms with E-state index in [1.54, 1.807) is 0 Å². The summed E-state index contributed by atoms with van der Waals surface area (Å²) >= 11 is 0. The average Bonchev–Trinajstić information content (AvgIpc) is 2.85. The van der Waals surface area contributed by atoms with Crippen molar-refractivity contribution in [3.8, 4) is 22.5 Å². The fourth-order valence-corrected chi connectivity index (χ4v) is 4.83. The summed E-state index contributed by atoms with van der Waals surface area (Å²) in [6, 6.07) is 17.9. The SMILES string of the molecule is Cc1cccc(-c2nc(=O)n(CC3CCC(COCC(=O)OC(C)(C)C)CC3)nc2-c2ccccc2)c1. The Balaban J connectivity index is 1.41. The molecule has 3 aromatic rings. The molecule has 4 rings (SSSR count). The lowest BCUT2D eigenvalue weighted by Gasteiger charge is -2.28. The monoisotopic (exact) mass is 503 g/mol. The van der Waals surface area contributed by atoms with Gasteiger partial charge in [-0.15, -0.1) is 0 Å². The third-order valence-electron chi connectivity index (χ3n) is 6.60. The molecule has 0 bridgehead atoms. The van der Waals surface area contributed by atoms with Gasteiger partial charge in [0.2, 0.25) is 0 Å². The number of esters is 1. The van der Waals surface area contributed by atoms with Crippen molar-refractivity contribution in [3.63, 3.8) is 0 Å². The topological polar surface area (TPSA) is 83.3 Å². The molecule has 2 aromatic carbocycles. The smallest absolute Gasteiger partial charge is 0.364 e. The highest BCUT2D eigenvalue weighted by Gasteiger charge is 2.24. The number of aryl methyl sites for hydroxylation is 1. The fourth-order valence-electron chi connectivity index (χ4n) is 4.83. The second-order valence-electron chi connectivity index (χ2n) is 11.0. The molecule has 1 aliphatic carbocycles. The molecule has 1 fully saturated rings. The first-order valence-electron chi connectivity index (χ1n) is 13.1. The molecular formula is C30H37N3O4. The van der Waals surface area contributed by atoms with Gasteiger partial charge in [-0.3, -0.25) is 0 Å². The van der Waals surface area contributed by atoms with Crippen molar-refractivity contribution in [2.75, 3.05) is 13.2 Å². The van der Waals surface area contributed by atoms with Crippen LogP contribution in [0.2, 0.25) is 0 Å². The van der Waals surface area contributed by atoms with Crippen LogP contribution in [0.5, 0.6) is 0 Å².